The van der Waals surface area contributed by atoms with Crippen molar-refractivity contribution in [1.29, 1.82) is 0 Å². The summed E-state index contributed by atoms with van der Waals surface area (Å²) >= 11 is 0. The van der Waals surface area contributed by atoms with Crippen LogP contribution in [0.25, 0.3) is 0 Å². The molecular formula is C12H26O7. The molecule has 19 heavy (non-hydrogen) atoms. The van der Waals surface area contributed by atoms with Crippen molar-refractivity contribution in [3.8, 4) is 0 Å². The minimum absolute atomic E-state index is 0.00667. The van der Waals surface area contributed by atoms with Crippen LogP contribution in [0.15, 0.2) is 0 Å². The van der Waals surface area contributed by atoms with Gasteiger partial charge in [-0.25, -0.2) is 0 Å². The van der Waals surface area contributed by atoms with Crippen LogP contribution in [0, 0.1) is 0 Å². The van der Waals surface area contributed by atoms with Crippen LogP contribution in [0.2, 0.25) is 0 Å². The highest BCUT2D eigenvalue weighted by molar-refractivity contribution is 5.66. The summed E-state index contributed by atoms with van der Waals surface area (Å²) in [5, 5.41) is 32.6. The molecule has 7 heteroatoms. The van der Waals surface area contributed by atoms with E-state index in [4.69, 9.17) is 25.2 Å². The van der Waals surface area contributed by atoms with Gasteiger partial charge in [-0.3, -0.25) is 9.59 Å². The fourth-order valence-corrected chi connectivity index (χ4v) is 0.356. The van der Waals surface area contributed by atoms with Gasteiger partial charge in [-0.15, -0.1) is 0 Å². The Kier molecular flexibility index (Phi) is 20.3. The van der Waals surface area contributed by atoms with Crippen molar-refractivity contribution in [1.82, 2.24) is 0 Å². The summed E-state index contributed by atoms with van der Waals surface area (Å²) in [5.74, 6) is -1.49. The van der Waals surface area contributed by atoms with E-state index in [1.54, 1.807) is 27.7 Å². The first-order valence-corrected chi connectivity index (χ1v) is 6.05. The summed E-state index contributed by atoms with van der Waals surface area (Å²) in [6.07, 6.45) is -0.168. The van der Waals surface area contributed by atoms with E-state index in [9.17, 15) is 9.59 Å². The van der Waals surface area contributed by atoms with Crippen molar-refractivity contribution in [2.45, 2.75) is 52.7 Å². The van der Waals surface area contributed by atoms with Crippen molar-refractivity contribution in [3.63, 3.8) is 0 Å². The number of ether oxygens (including phenoxy) is 1. The first-order chi connectivity index (χ1) is 8.70. The maximum absolute atomic E-state index is 9.37. The number of aliphatic hydroxyl groups excluding tert-OH is 2. The Labute approximate surface area is 113 Å². The molecule has 0 saturated heterocycles. The van der Waals surface area contributed by atoms with Gasteiger partial charge in [0, 0.05) is 12.8 Å². The Hall–Kier alpha value is -1.18. The molecule has 0 radical (unpaired) electrons. The van der Waals surface area contributed by atoms with Crippen LogP contribution in [-0.2, 0) is 14.3 Å². The molecule has 0 aromatic heterocycles. The minimum atomic E-state index is -0.745. The zero-order valence-electron chi connectivity index (χ0n) is 12.0. The fourth-order valence-electron chi connectivity index (χ4n) is 0.356. The lowest BCUT2D eigenvalue weighted by Crippen LogP contribution is -2.19. The molecule has 2 atom stereocenters. The van der Waals surface area contributed by atoms with E-state index >= 15 is 0 Å². The number of carboxylic acid groups (broad SMARTS) is 2. The van der Waals surface area contributed by atoms with E-state index in [1.807, 2.05) is 0 Å². The molecule has 0 heterocycles. The molecule has 2 unspecified atom stereocenters. The average Bonchev–Trinajstić information content (AvgIpc) is 2.37. The Balaban J connectivity index is -0.000000219. The van der Waals surface area contributed by atoms with Gasteiger partial charge in [0.05, 0.1) is 25.4 Å². The van der Waals surface area contributed by atoms with Crippen LogP contribution in [-0.4, -0.2) is 57.8 Å². The second kappa shape index (κ2) is 16.8. The fraction of sp³-hybridized carbons (Fsp3) is 0.833. The van der Waals surface area contributed by atoms with Gasteiger partial charge in [-0.2, -0.15) is 0 Å². The van der Waals surface area contributed by atoms with Crippen LogP contribution >= 0.6 is 0 Å². The topological polar surface area (TPSA) is 124 Å². The molecular weight excluding hydrogens is 256 g/mol. The molecule has 4 N–H and O–H groups in total. The molecule has 116 valence electrons. The molecule has 0 fully saturated rings. The van der Waals surface area contributed by atoms with Gasteiger partial charge in [0.2, 0.25) is 0 Å². The highest BCUT2D eigenvalue weighted by atomic mass is 16.5. The molecule has 0 spiro atoms. The van der Waals surface area contributed by atoms with E-state index < -0.39 is 18.0 Å². The number of rotatable bonds is 6. The molecule has 0 aromatic carbocycles. The van der Waals surface area contributed by atoms with Gasteiger partial charge >= 0.3 is 11.9 Å². The Morgan fingerprint density at radius 3 is 1.53 bits per heavy atom. The lowest BCUT2D eigenvalue weighted by Gasteiger charge is -2.10. The lowest BCUT2D eigenvalue weighted by atomic mass is 10.4. The zero-order valence-corrected chi connectivity index (χ0v) is 12.0. The Morgan fingerprint density at radius 1 is 1.05 bits per heavy atom. The first-order valence-electron chi connectivity index (χ1n) is 6.05. The number of aliphatic carboxylic acids is 2. The van der Waals surface area contributed by atoms with E-state index in [2.05, 4.69) is 0 Å². The molecule has 0 amide bonds. The number of hydrogen-bond donors (Lipinski definition) is 4. The molecule has 0 bridgehead atoms. The van der Waals surface area contributed by atoms with Crippen molar-refractivity contribution in [3.05, 3.63) is 0 Å². The van der Waals surface area contributed by atoms with E-state index in [0.29, 0.717) is 6.61 Å². The van der Waals surface area contributed by atoms with Crippen LogP contribution in [0.1, 0.15) is 40.5 Å². The standard InChI is InChI=1S/C6H14O3.2C3H6O2/c1-5(8)4-9-6(2)3-7;2*1-2-3(4)5/h5-8H,3-4H2,1-2H3;2*2H2,1H3,(H,4,5). The quantitative estimate of drug-likeness (QED) is 0.566. The summed E-state index contributed by atoms with van der Waals surface area (Å²) in [4.78, 5) is 18.7. The number of aliphatic hydroxyl groups is 2. The summed E-state index contributed by atoms with van der Waals surface area (Å²) in [7, 11) is 0. The molecule has 0 aromatic rings. The summed E-state index contributed by atoms with van der Waals surface area (Å²) < 4.78 is 4.95. The molecule has 7 nitrogen and oxygen atoms in total. The SMILES string of the molecule is CC(O)COC(C)CO.CCC(=O)O.CCC(=O)O. The lowest BCUT2D eigenvalue weighted by molar-refractivity contribution is -0.137. The van der Waals surface area contributed by atoms with Gasteiger partial charge in [-0.1, -0.05) is 13.8 Å². The smallest absolute Gasteiger partial charge is 0.303 e. The Bertz CT molecular complexity index is 202. The van der Waals surface area contributed by atoms with Crippen molar-refractivity contribution in [2.75, 3.05) is 13.2 Å². The normalized spacial score (nSPS) is 12.1. The monoisotopic (exact) mass is 282 g/mol. The van der Waals surface area contributed by atoms with Crippen LogP contribution < -0.4 is 0 Å². The third-order valence-corrected chi connectivity index (χ3v) is 1.48. The molecule has 0 saturated carbocycles. The number of carboxylic acids is 2. The number of hydrogen-bond acceptors (Lipinski definition) is 5. The van der Waals surface area contributed by atoms with E-state index in [0.717, 1.165) is 0 Å². The predicted molar refractivity (Wildman–Crippen MR) is 70.0 cm³/mol. The maximum Gasteiger partial charge on any atom is 0.303 e. The van der Waals surface area contributed by atoms with Crippen LogP contribution in [0.3, 0.4) is 0 Å². The van der Waals surface area contributed by atoms with Gasteiger partial charge in [-0.05, 0) is 13.8 Å². The van der Waals surface area contributed by atoms with Gasteiger partial charge in [0.15, 0.2) is 0 Å². The van der Waals surface area contributed by atoms with E-state index in [-0.39, 0.29) is 25.6 Å². The predicted octanol–water partition coefficient (Wildman–Crippen LogP) is 0.727. The maximum atomic E-state index is 9.37. The Morgan fingerprint density at radius 2 is 1.37 bits per heavy atom. The average molecular weight is 282 g/mol. The van der Waals surface area contributed by atoms with Gasteiger partial charge in [0.1, 0.15) is 0 Å². The van der Waals surface area contributed by atoms with Crippen molar-refractivity contribution >= 4 is 11.9 Å². The minimum Gasteiger partial charge on any atom is -0.481 e. The molecule has 0 rings (SSSR count). The van der Waals surface area contributed by atoms with Gasteiger partial charge < -0.3 is 25.2 Å². The summed E-state index contributed by atoms with van der Waals surface area (Å²) in [5.41, 5.74) is 0. The summed E-state index contributed by atoms with van der Waals surface area (Å²) in [6, 6.07) is 0. The summed E-state index contributed by atoms with van der Waals surface area (Å²) in [6.45, 7) is 6.89. The largest absolute Gasteiger partial charge is 0.481 e. The van der Waals surface area contributed by atoms with Crippen LogP contribution in [0.5, 0.6) is 0 Å². The third-order valence-electron chi connectivity index (χ3n) is 1.48. The van der Waals surface area contributed by atoms with Crippen molar-refractivity contribution in [2.24, 2.45) is 0 Å². The van der Waals surface area contributed by atoms with Crippen molar-refractivity contribution < 1.29 is 34.8 Å². The molecule has 0 aliphatic heterocycles. The second-order valence-corrected chi connectivity index (χ2v) is 3.67. The zero-order chi connectivity index (χ0) is 15.8. The molecule has 0 aliphatic carbocycles. The number of carbonyl (C=O) groups is 2. The van der Waals surface area contributed by atoms with E-state index in [1.165, 1.54) is 0 Å². The highest BCUT2D eigenvalue weighted by Crippen LogP contribution is 1.90. The van der Waals surface area contributed by atoms with Gasteiger partial charge in [0.25, 0.3) is 0 Å². The first kappa shape index (κ1) is 23.0. The third kappa shape index (κ3) is 38.3. The highest BCUT2D eigenvalue weighted by Gasteiger charge is 2.00. The molecule has 0 aliphatic rings. The van der Waals surface area contributed by atoms with Crippen LogP contribution in [0.4, 0.5) is 0 Å². The second-order valence-electron chi connectivity index (χ2n) is 3.67.